The van der Waals surface area contributed by atoms with Crippen LogP contribution in [0.25, 0.3) is 0 Å². The molecule has 0 spiro atoms. The molecule has 28 heavy (non-hydrogen) atoms. The minimum atomic E-state index is -4.38. The molecule has 1 aliphatic carbocycles. The number of hydrogen-bond donors (Lipinski definition) is 1. The Morgan fingerprint density at radius 2 is 1.50 bits per heavy atom. The van der Waals surface area contributed by atoms with E-state index in [1.54, 1.807) is 12.3 Å². The van der Waals surface area contributed by atoms with Crippen LogP contribution >= 0.6 is 0 Å². The van der Waals surface area contributed by atoms with Crippen molar-refractivity contribution in [3.05, 3.63) is 47.8 Å². The summed E-state index contributed by atoms with van der Waals surface area (Å²) in [5, 5.41) is 2.93. The summed E-state index contributed by atoms with van der Waals surface area (Å²) in [5.74, 6) is 1.22. The number of nitrogens with zero attached hydrogens (tertiary/aromatic N) is 4. The van der Waals surface area contributed by atoms with Crippen LogP contribution in [0.1, 0.15) is 28.8 Å². The maximum atomic E-state index is 12.7. The molecule has 1 saturated carbocycles. The molecule has 2 aromatic rings. The van der Waals surface area contributed by atoms with Crippen molar-refractivity contribution in [3.63, 3.8) is 0 Å². The van der Waals surface area contributed by atoms with Gasteiger partial charge in [-0.1, -0.05) is 0 Å². The van der Waals surface area contributed by atoms with Crippen LogP contribution in [0.4, 0.5) is 24.8 Å². The molecule has 1 amide bonds. The van der Waals surface area contributed by atoms with Crippen molar-refractivity contribution in [2.24, 2.45) is 0 Å². The minimum Gasteiger partial charge on any atom is -0.353 e. The first-order chi connectivity index (χ1) is 13.4. The van der Waals surface area contributed by atoms with Crippen LogP contribution in [-0.2, 0) is 6.18 Å². The van der Waals surface area contributed by atoms with Crippen molar-refractivity contribution in [2.75, 3.05) is 36.0 Å². The standard InChI is InChI=1S/C19H20F3N5O/c20-19(21,22)14-2-6-17(24-12-14)27-9-7-26(8-10-27)16-5-1-13(11-23-16)18(28)25-15-3-4-15/h1-2,5-6,11-12,15H,3-4,7-10H2,(H,25,28). The highest BCUT2D eigenvalue weighted by molar-refractivity contribution is 5.94. The molecular weight excluding hydrogens is 371 g/mol. The van der Waals surface area contributed by atoms with E-state index in [1.807, 2.05) is 11.0 Å². The Kier molecular flexibility index (Phi) is 4.82. The number of hydrogen-bond acceptors (Lipinski definition) is 5. The molecule has 3 heterocycles. The van der Waals surface area contributed by atoms with Crippen LogP contribution in [0, 0.1) is 0 Å². The van der Waals surface area contributed by atoms with Crippen LogP contribution < -0.4 is 15.1 Å². The molecule has 1 aliphatic heterocycles. The van der Waals surface area contributed by atoms with E-state index in [1.165, 1.54) is 6.07 Å². The number of piperazine rings is 1. The van der Waals surface area contributed by atoms with Crippen LogP contribution in [0.15, 0.2) is 36.7 Å². The number of aromatic nitrogens is 2. The average Bonchev–Trinajstić information content (AvgIpc) is 3.52. The second-order valence-corrected chi connectivity index (χ2v) is 7.03. The van der Waals surface area contributed by atoms with Crippen molar-refractivity contribution < 1.29 is 18.0 Å². The van der Waals surface area contributed by atoms with Crippen molar-refractivity contribution >= 4 is 17.5 Å². The Hall–Kier alpha value is -2.84. The topological polar surface area (TPSA) is 61.4 Å². The number of alkyl halides is 3. The largest absolute Gasteiger partial charge is 0.417 e. The van der Waals surface area contributed by atoms with Gasteiger partial charge < -0.3 is 15.1 Å². The molecular formula is C19H20F3N5O. The zero-order valence-corrected chi connectivity index (χ0v) is 15.1. The van der Waals surface area contributed by atoms with Gasteiger partial charge >= 0.3 is 6.18 Å². The quantitative estimate of drug-likeness (QED) is 0.869. The smallest absolute Gasteiger partial charge is 0.353 e. The van der Waals surface area contributed by atoms with Gasteiger partial charge in [-0.2, -0.15) is 13.2 Å². The molecule has 0 unspecified atom stereocenters. The Labute approximate surface area is 160 Å². The lowest BCUT2D eigenvalue weighted by Crippen LogP contribution is -2.47. The van der Waals surface area contributed by atoms with Gasteiger partial charge in [0.25, 0.3) is 5.91 Å². The summed E-state index contributed by atoms with van der Waals surface area (Å²) in [5.41, 5.74) is -0.201. The number of rotatable bonds is 4. The first-order valence-corrected chi connectivity index (χ1v) is 9.20. The summed E-state index contributed by atoms with van der Waals surface area (Å²) in [6, 6.07) is 6.36. The van der Waals surface area contributed by atoms with Crippen LogP contribution in [0.3, 0.4) is 0 Å². The number of amides is 1. The lowest BCUT2D eigenvalue weighted by molar-refractivity contribution is -0.137. The van der Waals surface area contributed by atoms with Gasteiger partial charge in [-0.3, -0.25) is 4.79 Å². The van der Waals surface area contributed by atoms with Crippen LogP contribution in [0.2, 0.25) is 0 Å². The first-order valence-electron chi connectivity index (χ1n) is 9.20. The van der Waals surface area contributed by atoms with E-state index in [4.69, 9.17) is 0 Å². The van der Waals surface area contributed by atoms with E-state index in [9.17, 15) is 18.0 Å². The molecule has 6 nitrogen and oxygen atoms in total. The summed E-state index contributed by atoms with van der Waals surface area (Å²) < 4.78 is 38.0. The Balaban J connectivity index is 1.34. The zero-order chi connectivity index (χ0) is 19.7. The predicted octanol–water partition coefficient (Wildman–Crippen LogP) is 2.71. The van der Waals surface area contributed by atoms with Gasteiger partial charge in [-0.05, 0) is 37.1 Å². The minimum absolute atomic E-state index is 0.0975. The molecule has 0 aromatic carbocycles. The molecule has 4 rings (SSSR count). The summed E-state index contributed by atoms with van der Waals surface area (Å²) in [6.45, 7) is 2.60. The van der Waals surface area contributed by atoms with Gasteiger partial charge in [-0.25, -0.2) is 9.97 Å². The van der Waals surface area contributed by atoms with E-state index >= 15 is 0 Å². The third kappa shape index (κ3) is 4.18. The fourth-order valence-corrected chi connectivity index (χ4v) is 3.11. The second-order valence-electron chi connectivity index (χ2n) is 7.03. The summed E-state index contributed by atoms with van der Waals surface area (Å²) in [4.78, 5) is 24.4. The number of nitrogens with one attached hydrogen (secondary N) is 1. The summed E-state index contributed by atoms with van der Waals surface area (Å²) in [6.07, 6.45) is 0.147. The normalized spacial score (nSPS) is 17.5. The van der Waals surface area contributed by atoms with Gasteiger partial charge in [0.2, 0.25) is 0 Å². The molecule has 2 fully saturated rings. The number of carbonyl (C=O) groups excluding carboxylic acids is 1. The lowest BCUT2D eigenvalue weighted by Gasteiger charge is -2.36. The maximum Gasteiger partial charge on any atom is 0.417 e. The van der Waals surface area contributed by atoms with E-state index in [-0.39, 0.29) is 5.91 Å². The van der Waals surface area contributed by atoms with Gasteiger partial charge in [-0.15, -0.1) is 0 Å². The Morgan fingerprint density at radius 3 is 1.93 bits per heavy atom. The lowest BCUT2D eigenvalue weighted by atomic mass is 10.2. The molecule has 9 heteroatoms. The highest BCUT2D eigenvalue weighted by Gasteiger charge is 2.31. The third-order valence-corrected chi connectivity index (χ3v) is 4.93. The Morgan fingerprint density at radius 1 is 0.929 bits per heavy atom. The molecule has 2 aliphatic rings. The molecule has 0 bridgehead atoms. The van der Waals surface area contributed by atoms with Gasteiger partial charge in [0, 0.05) is 44.6 Å². The number of carbonyl (C=O) groups is 1. The second kappa shape index (κ2) is 7.29. The Bertz CT molecular complexity index is 826. The van der Waals surface area contributed by atoms with Crippen molar-refractivity contribution in [1.82, 2.24) is 15.3 Å². The van der Waals surface area contributed by atoms with Gasteiger partial charge in [0.05, 0.1) is 11.1 Å². The molecule has 2 aromatic heterocycles. The fourth-order valence-electron chi connectivity index (χ4n) is 3.11. The van der Waals surface area contributed by atoms with Crippen molar-refractivity contribution in [2.45, 2.75) is 25.1 Å². The number of pyridine rings is 2. The molecule has 1 saturated heterocycles. The summed E-state index contributed by atoms with van der Waals surface area (Å²) in [7, 11) is 0. The van der Waals surface area contributed by atoms with Gasteiger partial charge in [0.15, 0.2) is 0 Å². The van der Waals surface area contributed by atoms with Crippen LogP contribution in [0.5, 0.6) is 0 Å². The molecule has 0 atom stereocenters. The van der Waals surface area contributed by atoms with E-state index < -0.39 is 11.7 Å². The fraction of sp³-hybridized carbons (Fsp3) is 0.421. The van der Waals surface area contributed by atoms with E-state index in [2.05, 4.69) is 20.2 Å². The summed E-state index contributed by atoms with van der Waals surface area (Å²) >= 11 is 0. The van der Waals surface area contributed by atoms with Crippen molar-refractivity contribution in [1.29, 1.82) is 0 Å². The van der Waals surface area contributed by atoms with E-state index in [0.29, 0.717) is 43.6 Å². The third-order valence-electron chi connectivity index (χ3n) is 4.93. The first kappa shape index (κ1) is 18.5. The highest BCUT2D eigenvalue weighted by Crippen LogP contribution is 2.29. The molecule has 1 N–H and O–H groups in total. The monoisotopic (exact) mass is 391 g/mol. The number of anilines is 2. The average molecular weight is 391 g/mol. The zero-order valence-electron chi connectivity index (χ0n) is 15.1. The molecule has 0 radical (unpaired) electrons. The highest BCUT2D eigenvalue weighted by atomic mass is 19.4. The van der Waals surface area contributed by atoms with Gasteiger partial charge in [0.1, 0.15) is 11.6 Å². The van der Waals surface area contributed by atoms with Crippen molar-refractivity contribution in [3.8, 4) is 0 Å². The number of halogens is 3. The predicted molar refractivity (Wildman–Crippen MR) is 98.4 cm³/mol. The molecule has 148 valence electrons. The van der Waals surface area contributed by atoms with Crippen LogP contribution in [-0.4, -0.2) is 48.1 Å². The van der Waals surface area contributed by atoms with E-state index in [0.717, 1.165) is 30.9 Å². The SMILES string of the molecule is O=C(NC1CC1)c1ccc(N2CCN(c3ccc(C(F)(F)F)cn3)CC2)nc1. The maximum absolute atomic E-state index is 12.7.